The molecule has 0 aromatic heterocycles. The highest BCUT2D eigenvalue weighted by Crippen LogP contribution is 2.13. The Kier molecular flexibility index (Phi) is 9.10. The van der Waals surface area contributed by atoms with E-state index in [1.54, 1.807) is 24.3 Å². The summed E-state index contributed by atoms with van der Waals surface area (Å²) < 4.78 is 27.5. The SMILES string of the molecule is COc1ccc(C[C@H](NC(=O)CNC(=O)CNC(=O)c2ccc(S(N)(=O)=O)cc2)C(=O)O)cc1. The van der Waals surface area contributed by atoms with Crippen LogP contribution in [-0.4, -0.2) is 63.5 Å². The minimum Gasteiger partial charge on any atom is -0.497 e. The molecule has 0 aliphatic carbocycles. The maximum Gasteiger partial charge on any atom is 0.326 e. The van der Waals surface area contributed by atoms with Crippen LogP contribution in [0.5, 0.6) is 5.75 Å². The molecule has 0 heterocycles. The Morgan fingerprint density at radius 2 is 1.53 bits per heavy atom. The smallest absolute Gasteiger partial charge is 0.326 e. The lowest BCUT2D eigenvalue weighted by Gasteiger charge is -2.15. The Hall–Kier alpha value is -3.97. The van der Waals surface area contributed by atoms with Gasteiger partial charge in [0.05, 0.1) is 25.1 Å². The summed E-state index contributed by atoms with van der Waals surface area (Å²) in [5.74, 6) is -2.69. The number of benzene rings is 2. The van der Waals surface area contributed by atoms with E-state index in [1.807, 2.05) is 0 Å². The zero-order valence-corrected chi connectivity index (χ0v) is 18.9. The number of hydrogen-bond donors (Lipinski definition) is 5. The minimum absolute atomic E-state index is 0.0271. The molecule has 2 aromatic rings. The van der Waals surface area contributed by atoms with Gasteiger partial charge < -0.3 is 25.8 Å². The Labute approximate surface area is 195 Å². The second-order valence-electron chi connectivity index (χ2n) is 7.04. The second kappa shape index (κ2) is 11.8. The number of carboxylic acids is 1. The topological polar surface area (TPSA) is 194 Å². The van der Waals surface area contributed by atoms with Gasteiger partial charge in [0.25, 0.3) is 5.91 Å². The molecule has 0 aliphatic rings. The Balaban J connectivity index is 1.79. The van der Waals surface area contributed by atoms with E-state index in [4.69, 9.17) is 9.88 Å². The van der Waals surface area contributed by atoms with Crippen molar-refractivity contribution in [3.8, 4) is 5.75 Å². The number of carboxylic acid groups (broad SMARTS) is 1. The molecule has 34 heavy (non-hydrogen) atoms. The van der Waals surface area contributed by atoms with Crippen LogP contribution in [0.2, 0.25) is 0 Å². The number of amides is 3. The van der Waals surface area contributed by atoms with E-state index in [0.717, 1.165) is 12.1 Å². The minimum atomic E-state index is -3.90. The van der Waals surface area contributed by atoms with E-state index in [2.05, 4.69) is 16.0 Å². The summed E-state index contributed by atoms with van der Waals surface area (Å²) in [6.45, 7) is -0.957. The van der Waals surface area contributed by atoms with E-state index in [0.29, 0.717) is 11.3 Å². The fraction of sp³-hybridized carbons (Fsp3) is 0.238. The number of nitrogens with one attached hydrogen (secondary N) is 3. The number of sulfonamides is 1. The van der Waals surface area contributed by atoms with Crippen molar-refractivity contribution in [3.63, 3.8) is 0 Å². The maximum absolute atomic E-state index is 12.1. The van der Waals surface area contributed by atoms with Crippen molar-refractivity contribution in [1.82, 2.24) is 16.0 Å². The van der Waals surface area contributed by atoms with Gasteiger partial charge in [-0.25, -0.2) is 18.4 Å². The average Bonchev–Trinajstić information content (AvgIpc) is 2.80. The van der Waals surface area contributed by atoms with Crippen LogP contribution in [0.4, 0.5) is 0 Å². The standard InChI is InChI=1S/C21H24N4O8S/c1-33-15-6-2-13(3-7-15)10-17(21(29)30)25-19(27)12-23-18(26)11-24-20(28)14-4-8-16(9-5-14)34(22,31)32/h2-9,17H,10-12H2,1H3,(H,23,26)(H,24,28)(H,25,27)(H,29,30)(H2,22,31,32)/t17-/m0/s1. The molecule has 0 saturated heterocycles. The third-order valence-corrected chi connectivity index (χ3v) is 5.46. The summed E-state index contributed by atoms with van der Waals surface area (Å²) in [6, 6.07) is 10.2. The van der Waals surface area contributed by atoms with Gasteiger partial charge in [0.2, 0.25) is 21.8 Å². The predicted octanol–water partition coefficient (Wildman–Crippen LogP) is -0.999. The fourth-order valence-corrected chi connectivity index (χ4v) is 3.26. The molecule has 13 heteroatoms. The molecule has 1 atom stereocenters. The highest BCUT2D eigenvalue weighted by atomic mass is 32.2. The number of aliphatic carboxylic acids is 1. The van der Waals surface area contributed by atoms with Crippen molar-refractivity contribution in [2.24, 2.45) is 5.14 Å². The zero-order chi connectivity index (χ0) is 25.3. The zero-order valence-electron chi connectivity index (χ0n) is 18.1. The Morgan fingerprint density at radius 1 is 0.941 bits per heavy atom. The summed E-state index contributed by atoms with van der Waals surface area (Å²) in [5.41, 5.74) is 0.762. The van der Waals surface area contributed by atoms with Gasteiger partial charge in [-0.05, 0) is 42.0 Å². The largest absolute Gasteiger partial charge is 0.497 e. The number of carbonyl (C=O) groups is 4. The van der Waals surface area contributed by atoms with Gasteiger partial charge in [0.1, 0.15) is 11.8 Å². The molecule has 0 saturated carbocycles. The number of primary sulfonamides is 1. The molecule has 0 bridgehead atoms. The highest BCUT2D eigenvalue weighted by molar-refractivity contribution is 7.89. The van der Waals surface area contributed by atoms with Crippen molar-refractivity contribution in [1.29, 1.82) is 0 Å². The van der Waals surface area contributed by atoms with Crippen LogP contribution in [-0.2, 0) is 30.8 Å². The number of hydrogen-bond acceptors (Lipinski definition) is 7. The first-order valence-corrected chi connectivity index (χ1v) is 11.4. The van der Waals surface area contributed by atoms with Gasteiger partial charge >= 0.3 is 5.97 Å². The average molecular weight is 493 g/mol. The Bertz CT molecular complexity index is 1150. The molecule has 0 spiro atoms. The van der Waals surface area contributed by atoms with Gasteiger partial charge in [-0.2, -0.15) is 0 Å². The van der Waals surface area contributed by atoms with E-state index >= 15 is 0 Å². The molecule has 2 aromatic carbocycles. The van der Waals surface area contributed by atoms with E-state index in [-0.39, 0.29) is 16.9 Å². The molecule has 2 rings (SSSR count). The van der Waals surface area contributed by atoms with Gasteiger partial charge in [0.15, 0.2) is 0 Å². The summed E-state index contributed by atoms with van der Waals surface area (Å²) in [5, 5.41) is 21.3. The van der Waals surface area contributed by atoms with Crippen LogP contribution in [0, 0.1) is 0 Å². The van der Waals surface area contributed by atoms with Gasteiger partial charge in [-0.1, -0.05) is 12.1 Å². The lowest BCUT2D eigenvalue weighted by atomic mass is 10.1. The van der Waals surface area contributed by atoms with Crippen LogP contribution < -0.4 is 25.8 Å². The second-order valence-corrected chi connectivity index (χ2v) is 8.60. The third-order valence-electron chi connectivity index (χ3n) is 4.53. The van der Waals surface area contributed by atoms with Crippen molar-refractivity contribution in [2.75, 3.05) is 20.2 Å². The molecule has 3 amide bonds. The monoisotopic (exact) mass is 492 g/mol. The predicted molar refractivity (Wildman–Crippen MR) is 119 cm³/mol. The molecule has 0 fully saturated rings. The quantitative estimate of drug-likeness (QED) is 0.263. The molecule has 12 nitrogen and oxygen atoms in total. The van der Waals surface area contributed by atoms with Crippen molar-refractivity contribution in [3.05, 3.63) is 59.7 Å². The molecule has 0 unspecified atom stereocenters. The van der Waals surface area contributed by atoms with Gasteiger partial charge in [0, 0.05) is 12.0 Å². The van der Waals surface area contributed by atoms with Crippen molar-refractivity contribution >= 4 is 33.7 Å². The molecule has 6 N–H and O–H groups in total. The summed E-state index contributed by atoms with van der Waals surface area (Å²) in [4.78, 5) is 47.3. The lowest BCUT2D eigenvalue weighted by Crippen LogP contribution is -2.47. The Morgan fingerprint density at radius 3 is 2.06 bits per heavy atom. The summed E-state index contributed by atoms with van der Waals surface area (Å²) >= 11 is 0. The van der Waals surface area contributed by atoms with Crippen LogP contribution >= 0.6 is 0 Å². The first-order valence-electron chi connectivity index (χ1n) is 9.82. The van der Waals surface area contributed by atoms with E-state index < -0.39 is 52.8 Å². The van der Waals surface area contributed by atoms with Crippen molar-refractivity contribution < 1.29 is 37.4 Å². The van der Waals surface area contributed by atoms with Crippen LogP contribution in [0.1, 0.15) is 15.9 Å². The van der Waals surface area contributed by atoms with Crippen LogP contribution in [0.3, 0.4) is 0 Å². The first-order chi connectivity index (χ1) is 16.0. The van der Waals surface area contributed by atoms with E-state index in [1.165, 1.54) is 19.2 Å². The fourth-order valence-electron chi connectivity index (χ4n) is 2.74. The number of nitrogens with two attached hydrogens (primary N) is 1. The highest BCUT2D eigenvalue weighted by Gasteiger charge is 2.21. The van der Waals surface area contributed by atoms with Crippen molar-refractivity contribution in [2.45, 2.75) is 17.4 Å². The maximum atomic E-state index is 12.1. The molecule has 0 radical (unpaired) electrons. The lowest BCUT2D eigenvalue weighted by molar-refractivity contribution is -0.141. The molecule has 0 aliphatic heterocycles. The number of methoxy groups -OCH3 is 1. The number of rotatable bonds is 11. The first kappa shape index (κ1) is 26.3. The molecular formula is C21H24N4O8S. The van der Waals surface area contributed by atoms with E-state index in [9.17, 15) is 32.7 Å². The van der Waals surface area contributed by atoms with Crippen LogP contribution in [0.15, 0.2) is 53.4 Å². The number of carbonyl (C=O) groups excluding carboxylic acids is 3. The summed E-state index contributed by atoms with van der Waals surface area (Å²) in [6.07, 6.45) is 0.0271. The molecular weight excluding hydrogens is 468 g/mol. The molecule has 182 valence electrons. The third kappa shape index (κ3) is 8.18. The van der Waals surface area contributed by atoms with Gasteiger partial charge in [-0.3, -0.25) is 14.4 Å². The van der Waals surface area contributed by atoms with Crippen LogP contribution in [0.25, 0.3) is 0 Å². The summed E-state index contributed by atoms with van der Waals surface area (Å²) in [7, 11) is -2.39. The van der Waals surface area contributed by atoms with Gasteiger partial charge in [-0.15, -0.1) is 0 Å². The normalized spacial score (nSPS) is 11.7. The number of ether oxygens (including phenoxy) is 1.